The largest absolute Gasteiger partial charge is 0.243 e. The van der Waals surface area contributed by atoms with Crippen molar-refractivity contribution in [1.82, 2.24) is 4.31 Å². The first-order valence-electron chi connectivity index (χ1n) is 7.74. The van der Waals surface area contributed by atoms with Crippen LogP contribution in [0.4, 0.5) is 0 Å². The van der Waals surface area contributed by atoms with Crippen molar-refractivity contribution in [2.45, 2.75) is 62.8 Å². The van der Waals surface area contributed by atoms with Gasteiger partial charge in [0.15, 0.2) is 0 Å². The van der Waals surface area contributed by atoms with Crippen molar-refractivity contribution in [3.8, 4) is 0 Å². The molecule has 2 rings (SSSR count). The Bertz CT molecular complexity index is 580. The van der Waals surface area contributed by atoms with Crippen molar-refractivity contribution >= 4 is 21.6 Å². The SMILES string of the molecule is CCc1ccc(S(=O)(=O)N(CC)C2CCCC2)cc1CCl. The van der Waals surface area contributed by atoms with Crippen molar-refractivity contribution in [1.29, 1.82) is 0 Å². The van der Waals surface area contributed by atoms with Crippen LogP contribution in [-0.4, -0.2) is 25.3 Å². The molecule has 1 saturated carbocycles. The molecule has 0 N–H and O–H groups in total. The van der Waals surface area contributed by atoms with Gasteiger partial charge in [0.25, 0.3) is 0 Å². The Morgan fingerprint density at radius 2 is 1.86 bits per heavy atom. The Balaban J connectivity index is 2.37. The van der Waals surface area contributed by atoms with Gasteiger partial charge in [-0.1, -0.05) is 32.8 Å². The summed E-state index contributed by atoms with van der Waals surface area (Å²) in [7, 11) is -3.42. The van der Waals surface area contributed by atoms with Gasteiger partial charge in [-0.3, -0.25) is 0 Å². The van der Waals surface area contributed by atoms with Gasteiger partial charge in [-0.25, -0.2) is 8.42 Å². The van der Waals surface area contributed by atoms with E-state index >= 15 is 0 Å². The zero-order chi connectivity index (χ0) is 15.5. The maximum absolute atomic E-state index is 12.9. The highest BCUT2D eigenvalue weighted by atomic mass is 35.5. The molecule has 0 unspecified atom stereocenters. The summed E-state index contributed by atoms with van der Waals surface area (Å²) in [4.78, 5) is 0.379. The molecular weight excluding hydrogens is 306 g/mol. The molecule has 21 heavy (non-hydrogen) atoms. The third-order valence-corrected chi connectivity index (χ3v) is 6.66. The van der Waals surface area contributed by atoms with Gasteiger partial charge in [0.2, 0.25) is 10.0 Å². The van der Waals surface area contributed by atoms with E-state index in [1.54, 1.807) is 16.4 Å². The summed E-state index contributed by atoms with van der Waals surface area (Å²) in [5, 5.41) is 0. The fourth-order valence-corrected chi connectivity index (χ4v) is 5.18. The Hall–Kier alpha value is -0.580. The minimum Gasteiger partial charge on any atom is -0.207 e. The molecule has 0 amide bonds. The lowest BCUT2D eigenvalue weighted by atomic mass is 10.1. The van der Waals surface area contributed by atoms with E-state index in [-0.39, 0.29) is 6.04 Å². The average molecular weight is 330 g/mol. The molecule has 0 aliphatic heterocycles. The van der Waals surface area contributed by atoms with E-state index in [1.807, 2.05) is 13.0 Å². The van der Waals surface area contributed by atoms with Crippen LogP contribution < -0.4 is 0 Å². The Kier molecular flexibility index (Phi) is 5.69. The van der Waals surface area contributed by atoms with Crippen LogP contribution in [0.15, 0.2) is 23.1 Å². The van der Waals surface area contributed by atoms with Crippen molar-refractivity contribution in [3.05, 3.63) is 29.3 Å². The highest BCUT2D eigenvalue weighted by Crippen LogP contribution is 2.29. The molecular formula is C16H24ClNO2S. The van der Waals surface area contributed by atoms with E-state index in [9.17, 15) is 8.42 Å². The van der Waals surface area contributed by atoms with E-state index in [0.29, 0.717) is 17.3 Å². The van der Waals surface area contributed by atoms with Crippen LogP contribution in [0.25, 0.3) is 0 Å². The zero-order valence-electron chi connectivity index (χ0n) is 12.8. The van der Waals surface area contributed by atoms with Gasteiger partial charge in [0, 0.05) is 18.5 Å². The lowest BCUT2D eigenvalue weighted by Gasteiger charge is -2.27. The summed E-state index contributed by atoms with van der Waals surface area (Å²) in [6.07, 6.45) is 5.06. The zero-order valence-corrected chi connectivity index (χ0v) is 14.4. The van der Waals surface area contributed by atoms with Crippen LogP contribution in [0.2, 0.25) is 0 Å². The number of alkyl halides is 1. The molecule has 0 spiro atoms. The number of hydrogen-bond acceptors (Lipinski definition) is 2. The van der Waals surface area contributed by atoms with E-state index in [4.69, 9.17) is 11.6 Å². The predicted octanol–water partition coefficient (Wildman–Crippen LogP) is 3.94. The number of aryl methyl sites for hydroxylation is 1. The molecule has 0 radical (unpaired) electrons. The summed E-state index contributed by atoms with van der Waals surface area (Å²) in [6.45, 7) is 4.49. The average Bonchev–Trinajstić information content (AvgIpc) is 3.00. The van der Waals surface area contributed by atoms with Crippen molar-refractivity contribution < 1.29 is 8.42 Å². The summed E-state index contributed by atoms with van der Waals surface area (Å²) < 4.78 is 27.5. The quantitative estimate of drug-likeness (QED) is 0.741. The molecule has 0 atom stereocenters. The van der Waals surface area contributed by atoms with Crippen LogP contribution in [0.5, 0.6) is 0 Å². The van der Waals surface area contributed by atoms with Gasteiger partial charge in [-0.05, 0) is 42.5 Å². The number of hydrogen-bond donors (Lipinski definition) is 0. The lowest BCUT2D eigenvalue weighted by molar-refractivity contribution is 0.335. The summed E-state index contributed by atoms with van der Waals surface area (Å²) in [5.41, 5.74) is 2.04. The van der Waals surface area contributed by atoms with Crippen LogP contribution >= 0.6 is 11.6 Å². The smallest absolute Gasteiger partial charge is 0.207 e. The summed E-state index contributed by atoms with van der Waals surface area (Å²) in [6, 6.07) is 5.53. The second-order valence-corrected chi connectivity index (χ2v) is 7.72. The fraction of sp³-hybridized carbons (Fsp3) is 0.625. The third kappa shape index (κ3) is 3.43. The molecule has 1 aliphatic carbocycles. The first kappa shape index (κ1) is 16.8. The van der Waals surface area contributed by atoms with E-state index in [2.05, 4.69) is 6.92 Å². The first-order valence-corrected chi connectivity index (χ1v) is 9.71. The highest BCUT2D eigenvalue weighted by molar-refractivity contribution is 7.89. The third-order valence-electron chi connectivity index (χ3n) is 4.35. The molecule has 0 bridgehead atoms. The molecule has 118 valence electrons. The van der Waals surface area contributed by atoms with Gasteiger partial charge in [-0.15, -0.1) is 11.6 Å². The molecule has 0 saturated heterocycles. The fourth-order valence-electron chi connectivity index (χ4n) is 3.18. The van der Waals surface area contributed by atoms with Crippen molar-refractivity contribution in [2.75, 3.05) is 6.54 Å². The minimum absolute atomic E-state index is 0.158. The van der Waals surface area contributed by atoms with Gasteiger partial charge < -0.3 is 0 Å². The number of benzene rings is 1. The number of halogens is 1. The van der Waals surface area contributed by atoms with Crippen LogP contribution in [-0.2, 0) is 22.3 Å². The Morgan fingerprint density at radius 1 is 1.19 bits per heavy atom. The van der Waals surface area contributed by atoms with E-state index in [1.165, 1.54) is 0 Å². The second kappa shape index (κ2) is 7.12. The Labute approximate surface area is 133 Å². The van der Waals surface area contributed by atoms with Gasteiger partial charge in [0.05, 0.1) is 4.90 Å². The predicted molar refractivity (Wildman–Crippen MR) is 87.2 cm³/mol. The molecule has 3 nitrogen and oxygen atoms in total. The maximum atomic E-state index is 12.9. The highest BCUT2D eigenvalue weighted by Gasteiger charge is 2.32. The van der Waals surface area contributed by atoms with E-state index < -0.39 is 10.0 Å². The monoisotopic (exact) mass is 329 g/mol. The van der Waals surface area contributed by atoms with Crippen LogP contribution in [0.3, 0.4) is 0 Å². The maximum Gasteiger partial charge on any atom is 0.243 e. The normalized spacial score (nSPS) is 16.8. The summed E-state index contributed by atoms with van der Waals surface area (Å²) in [5.74, 6) is 0.349. The number of sulfonamides is 1. The van der Waals surface area contributed by atoms with Crippen LogP contribution in [0.1, 0.15) is 50.7 Å². The van der Waals surface area contributed by atoms with Gasteiger partial charge in [0.1, 0.15) is 0 Å². The molecule has 0 heterocycles. The number of nitrogens with zero attached hydrogens (tertiary/aromatic N) is 1. The van der Waals surface area contributed by atoms with Crippen LogP contribution in [0, 0.1) is 0 Å². The Morgan fingerprint density at radius 3 is 2.38 bits per heavy atom. The molecule has 1 aromatic carbocycles. The topological polar surface area (TPSA) is 37.4 Å². The lowest BCUT2D eigenvalue weighted by Crippen LogP contribution is -2.38. The van der Waals surface area contributed by atoms with Crippen molar-refractivity contribution in [3.63, 3.8) is 0 Å². The van der Waals surface area contributed by atoms with Gasteiger partial charge in [-0.2, -0.15) is 4.31 Å². The number of rotatable bonds is 6. The molecule has 1 aliphatic rings. The van der Waals surface area contributed by atoms with E-state index in [0.717, 1.165) is 43.2 Å². The van der Waals surface area contributed by atoms with Crippen molar-refractivity contribution in [2.24, 2.45) is 0 Å². The standard InChI is InChI=1S/C16H24ClNO2S/c1-3-13-9-10-16(11-14(13)12-17)21(19,20)18(4-2)15-7-5-6-8-15/h9-11,15H,3-8,12H2,1-2H3. The second-order valence-electron chi connectivity index (χ2n) is 5.56. The molecule has 5 heteroatoms. The molecule has 1 aromatic rings. The van der Waals surface area contributed by atoms with Gasteiger partial charge >= 0.3 is 0 Å². The molecule has 1 fully saturated rings. The molecule has 0 aromatic heterocycles. The first-order chi connectivity index (χ1) is 10.0. The minimum atomic E-state index is -3.42. The summed E-state index contributed by atoms with van der Waals surface area (Å²) >= 11 is 5.97.